The zero-order valence-corrected chi connectivity index (χ0v) is 10.9. The van der Waals surface area contributed by atoms with Crippen molar-refractivity contribution < 1.29 is 13.2 Å². The predicted octanol–water partition coefficient (Wildman–Crippen LogP) is 1.41. The van der Waals surface area contributed by atoms with Gasteiger partial charge >= 0.3 is 0 Å². The first-order chi connectivity index (χ1) is 7.95. The Bertz CT molecular complexity index is 481. The summed E-state index contributed by atoms with van der Waals surface area (Å²) in [4.78, 5) is 0. The number of benzene rings is 1. The van der Waals surface area contributed by atoms with E-state index in [1.807, 2.05) is 31.2 Å². The quantitative estimate of drug-likeness (QED) is 0.820. The van der Waals surface area contributed by atoms with Crippen LogP contribution in [0.15, 0.2) is 24.3 Å². The first kappa shape index (κ1) is 12.4. The van der Waals surface area contributed by atoms with Gasteiger partial charge in [0, 0.05) is 6.54 Å². The van der Waals surface area contributed by atoms with Gasteiger partial charge in [0.15, 0.2) is 0 Å². The highest BCUT2D eigenvalue weighted by molar-refractivity contribution is 7.88. The van der Waals surface area contributed by atoms with Crippen LogP contribution in [-0.2, 0) is 10.0 Å². The van der Waals surface area contributed by atoms with Gasteiger partial charge in [-0.2, -0.15) is 4.31 Å². The number of rotatable bonds is 3. The molecule has 0 spiro atoms. The van der Waals surface area contributed by atoms with Gasteiger partial charge in [-0.1, -0.05) is 17.7 Å². The van der Waals surface area contributed by atoms with E-state index in [1.165, 1.54) is 16.1 Å². The standard InChI is InChI=1S/C12H17NO3S/c1-10-3-5-11(6-4-10)16-12-7-8-13(9-12)17(2,14)15/h3-6,12H,7-9H2,1-2H3. The van der Waals surface area contributed by atoms with E-state index in [-0.39, 0.29) is 6.10 Å². The Morgan fingerprint density at radius 3 is 2.47 bits per heavy atom. The van der Waals surface area contributed by atoms with E-state index >= 15 is 0 Å². The largest absolute Gasteiger partial charge is 0.489 e. The van der Waals surface area contributed by atoms with Crippen LogP contribution in [0.25, 0.3) is 0 Å². The van der Waals surface area contributed by atoms with E-state index in [2.05, 4.69) is 0 Å². The number of hydrogen-bond donors (Lipinski definition) is 0. The van der Waals surface area contributed by atoms with Crippen LogP contribution in [0.2, 0.25) is 0 Å². The van der Waals surface area contributed by atoms with Crippen LogP contribution < -0.4 is 4.74 Å². The number of ether oxygens (including phenoxy) is 1. The van der Waals surface area contributed by atoms with E-state index in [4.69, 9.17) is 4.74 Å². The summed E-state index contributed by atoms with van der Waals surface area (Å²) >= 11 is 0. The summed E-state index contributed by atoms with van der Waals surface area (Å²) < 4.78 is 29.9. The topological polar surface area (TPSA) is 46.6 Å². The van der Waals surface area contributed by atoms with Crippen LogP contribution in [0.3, 0.4) is 0 Å². The summed E-state index contributed by atoms with van der Waals surface area (Å²) in [7, 11) is -3.08. The molecular weight excluding hydrogens is 238 g/mol. The Labute approximate surface area is 102 Å². The second-order valence-corrected chi connectivity index (χ2v) is 6.45. The third-order valence-corrected chi connectivity index (χ3v) is 4.17. The molecule has 1 unspecified atom stereocenters. The SMILES string of the molecule is Cc1ccc(OC2CCN(S(C)(=O)=O)C2)cc1. The first-order valence-corrected chi connectivity index (χ1v) is 7.48. The summed E-state index contributed by atoms with van der Waals surface area (Å²) in [5.74, 6) is 0.802. The number of hydrogen-bond acceptors (Lipinski definition) is 3. The number of nitrogens with zero attached hydrogens (tertiary/aromatic N) is 1. The zero-order chi connectivity index (χ0) is 12.5. The third-order valence-electron chi connectivity index (χ3n) is 2.90. The lowest BCUT2D eigenvalue weighted by Gasteiger charge is -2.15. The number of sulfonamides is 1. The summed E-state index contributed by atoms with van der Waals surface area (Å²) in [6.45, 7) is 3.02. The maximum atomic E-state index is 11.3. The summed E-state index contributed by atoms with van der Waals surface area (Å²) in [5, 5.41) is 0. The van der Waals surface area contributed by atoms with Crippen LogP contribution in [0.1, 0.15) is 12.0 Å². The van der Waals surface area contributed by atoms with Crippen LogP contribution in [0.4, 0.5) is 0 Å². The smallest absolute Gasteiger partial charge is 0.211 e. The van der Waals surface area contributed by atoms with Gasteiger partial charge in [-0.05, 0) is 25.5 Å². The molecule has 5 heteroatoms. The van der Waals surface area contributed by atoms with Crippen molar-refractivity contribution in [3.8, 4) is 5.75 Å². The van der Waals surface area contributed by atoms with Crippen molar-refractivity contribution in [2.24, 2.45) is 0 Å². The fraction of sp³-hybridized carbons (Fsp3) is 0.500. The maximum Gasteiger partial charge on any atom is 0.211 e. The minimum Gasteiger partial charge on any atom is -0.489 e. The molecule has 0 saturated carbocycles. The molecule has 0 N–H and O–H groups in total. The molecule has 0 bridgehead atoms. The van der Waals surface area contributed by atoms with Crippen molar-refractivity contribution in [3.63, 3.8) is 0 Å². The van der Waals surface area contributed by atoms with Crippen molar-refractivity contribution in [3.05, 3.63) is 29.8 Å². The molecule has 94 valence electrons. The fourth-order valence-corrected chi connectivity index (χ4v) is 2.78. The van der Waals surface area contributed by atoms with E-state index in [0.717, 1.165) is 12.2 Å². The van der Waals surface area contributed by atoms with Gasteiger partial charge in [0.05, 0.1) is 12.8 Å². The molecular formula is C12H17NO3S. The molecule has 4 nitrogen and oxygen atoms in total. The lowest BCUT2D eigenvalue weighted by Crippen LogP contribution is -2.29. The molecule has 2 rings (SSSR count). The van der Waals surface area contributed by atoms with Gasteiger partial charge in [0.2, 0.25) is 10.0 Å². The zero-order valence-electron chi connectivity index (χ0n) is 10.1. The highest BCUT2D eigenvalue weighted by atomic mass is 32.2. The summed E-state index contributed by atoms with van der Waals surface area (Å²) in [5.41, 5.74) is 1.18. The molecule has 1 heterocycles. The van der Waals surface area contributed by atoms with Gasteiger partial charge < -0.3 is 4.74 Å². The van der Waals surface area contributed by atoms with Crippen LogP contribution in [0, 0.1) is 6.92 Å². The minimum absolute atomic E-state index is 0.0348. The van der Waals surface area contributed by atoms with Crippen molar-refractivity contribution in [1.82, 2.24) is 4.31 Å². The molecule has 1 atom stereocenters. The Hall–Kier alpha value is -1.07. The molecule has 1 fully saturated rings. The van der Waals surface area contributed by atoms with Crippen molar-refractivity contribution in [2.45, 2.75) is 19.4 Å². The Morgan fingerprint density at radius 2 is 1.94 bits per heavy atom. The molecule has 1 aliphatic rings. The average Bonchev–Trinajstić information content (AvgIpc) is 2.69. The average molecular weight is 255 g/mol. The van der Waals surface area contributed by atoms with Crippen LogP contribution in [0.5, 0.6) is 5.75 Å². The molecule has 0 amide bonds. The van der Waals surface area contributed by atoms with Gasteiger partial charge in [0.1, 0.15) is 11.9 Å². The Kier molecular flexibility index (Phi) is 3.40. The minimum atomic E-state index is -3.08. The fourth-order valence-electron chi connectivity index (χ4n) is 1.90. The van der Waals surface area contributed by atoms with E-state index < -0.39 is 10.0 Å². The molecule has 17 heavy (non-hydrogen) atoms. The third kappa shape index (κ3) is 3.20. The van der Waals surface area contributed by atoms with E-state index in [1.54, 1.807) is 0 Å². The second kappa shape index (κ2) is 4.66. The van der Waals surface area contributed by atoms with Gasteiger partial charge in [-0.25, -0.2) is 8.42 Å². The molecule has 1 aliphatic heterocycles. The highest BCUT2D eigenvalue weighted by Gasteiger charge is 2.29. The van der Waals surface area contributed by atoms with Crippen LogP contribution in [-0.4, -0.2) is 38.2 Å². The maximum absolute atomic E-state index is 11.3. The highest BCUT2D eigenvalue weighted by Crippen LogP contribution is 2.20. The molecule has 0 aromatic heterocycles. The van der Waals surface area contributed by atoms with Gasteiger partial charge in [0.25, 0.3) is 0 Å². The second-order valence-electron chi connectivity index (χ2n) is 4.46. The normalized spacial score (nSPS) is 21.6. The van der Waals surface area contributed by atoms with Gasteiger partial charge in [-0.3, -0.25) is 0 Å². The molecule has 1 aromatic rings. The van der Waals surface area contributed by atoms with Crippen LogP contribution >= 0.6 is 0 Å². The first-order valence-electron chi connectivity index (χ1n) is 5.63. The lowest BCUT2D eigenvalue weighted by atomic mass is 10.2. The van der Waals surface area contributed by atoms with Gasteiger partial charge in [-0.15, -0.1) is 0 Å². The molecule has 0 aliphatic carbocycles. The lowest BCUT2D eigenvalue weighted by molar-refractivity contribution is 0.215. The van der Waals surface area contributed by atoms with E-state index in [9.17, 15) is 8.42 Å². The molecule has 0 radical (unpaired) electrons. The molecule has 1 saturated heterocycles. The van der Waals surface area contributed by atoms with Crippen molar-refractivity contribution in [2.75, 3.05) is 19.3 Å². The monoisotopic (exact) mass is 255 g/mol. The predicted molar refractivity (Wildman–Crippen MR) is 66.6 cm³/mol. The van der Waals surface area contributed by atoms with E-state index in [0.29, 0.717) is 13.1 Å². The number of aryl methyl sites for hydroxylation is 1. The Morgan fingerprint density at radius 1 is 1.29 bits per heavy atom. The summed E-state index contributed by atoms with van der Waals surface area (Å²) in [6, 6.07) is 7.80. The molecule has 1 aromatic carbocycles. The van der Waals surface area contributed by atoms with Crippen molar-refractivity contribution >= 4 is 10.0 Å². The van der Waals surface area contributed by atoms with Crippen molar-refractivity contribution in [1.29, 1.82) is 0 Å². The Balaban J connectivity index is 1.96. The summed E-state index contributed by atoms with van der Waals surface area (Å²) in [6.07, 6.45) is 1.95.